The molecule has 0 atom stereocenters. The summed E-state index contributed by atoms with van der Waals surface area (Å²) in [6.07, 6.45) is 0. The number of hydrogen-bond acceptors (Lipinski definition) is 3. The largest absolute Gasteiger partial charge is 0.456 e. The summed E-state index contributed by atoms with van der Waals surface area (Å²) in [6, 6.07) is 5.51. The predicted molar refractivity (Wildman–Crippen MR) is 63.7 cm³/mol. The van der Waals surface area contributed by atoms with Gasteiger partial charge in [0.2, 0.25) is 0 Å². The zero-order valence-electron chi connectivity index (χ0n) is 9.24. The average Bonchev–Trinajstić information content (AvgIpc) is 2.84. The topological polar surface area (TPSA) is 42.2 Å². The number of thiophene rings is 1. The third-order valence-electron chi connectivity index (χ3n) is 2.34. The molecule has 3 nitrogen and oxygen atoms in total. The Morgan fingerprint density at radius 3 is 2.75 bits per heavy atom. The molecule has 0 unspecified atom stereocenters. The second kappa shape index (κ2) is 4.53. The molecular formula is C12H13NO2S. The second-order valence-electron chi connectivity index (χ2n) is 3.62. The van der Waals surface area contributed by atoms with Gasteiger partial charge in [0.05, 0.1) is 6.54 Å². The van der Waals surface area contributed by atoms with Crippen LogP contribution in [-0.4, -0.2) is 5.91 Å². The molecule has 84 valence electrons. The maximum absolute atomic E-state index is 11.7. The van der Waals surface area contributed by atoms with E-state index in [0.717, 1.165) is 5.76 Å². The minimum absolute atomic E-state index is 0.166. The second-order valence-corrected chi connectivity index (χ2v) is 4.62. The number of carbonyl (C=O) groups excluding carboxylic acids is 1. The van der Waals surface area contributed by atoms with Gasteiger partial charge >= 0.3 is 0 Å². The molecule has 16 heavy (non-hydrogen) atoms. The fraction of sp³-hybridized carbons (Fsp3) is 0.250. The van der Waals surface area contributed by atoms with E-state index in [-0.39, 0.29) is 5.91 Å². The van der Waals surface area contributed by atoms with Gasteiger partial charge in [-0.15, -0.1) is 11.3 Å². The van der Waals surface area contributed by atoms with Crippen LogP contribution in [0.15, 0.2) is 28.0 Å². The van der Waals surface area contributed by atoms with E-state index in [1.807, 2.05) is 25.3 Å². The first-order valence-corrected chi connectivity index (χ1v) is 5.92. The van der Waals surface area contributed by atoms with Crippen molar-refractivity contribution in [1.82, 2.24) is 5.32 Å². The smallest absolute Gasteiger partial charge is 0.287 e. The highest BCUT2D eigenvalue weighted by molar-refractivity contribution is 7.10. The Morgan fingerprint density at radius 2 is 2.19 bits per heavy atom. The molecule has 0 radical (unpaired) electrons. The molecule has 0 fully saturated rings. The lowest BCUT2D eigenvalue weighted by Crippen LogP contribution is -2.22. The average molecular weight is 235 g/mol. The van der Waals surface area contributed by atoms with Crippen molar-refractivity contribution in [3.05, 3.63) is 45.5 Å². The number of hydrogen-bond donors (Lipinski definition) is 1. The molecule has 2 heterocycles. The van der Waals surface area contributed by atoms with E-state index in [1.54, 1.807) is 23.5 Å². The Labute approximate surface area is 98.1 Å². The van der Waals surface area contributed by atoms with E-state index >= 15 is 0 Å². The van der Waals surface area contributed by atoms with Crippen LogP contribution in [0, 0.1) is 13.8 Å². The molecule has 1 amide bonds. The number of rotatable bonds is 3. The van der Waals surface area contributed by atoms with Gasteiger partial charge in [0.15, 0.2) is 5.76 Å². The lowest BCUT2D eigenvalue weighted by molar-refractivity contribution is 0.0922. The van der Waals surface area contributed by atoms with Crippen molar-refractivity contribution in [3.63, 3.8) is 0 Å². The molecule has 0 saturated carbocycles. The molecule has 0 bridgehead atoms. The van der Waals surface area contributed by atoms with Crippen LogP contribution in [0.3, 0.4) is 0 Å². The standard InChI is InChI=1S/C12H13NO2S/c1-8-5-6-16-11(8)7-13-12(14)10-4-3-9(2)15-10/h3-6H,7H2,1-2H3,(H,13,14). The van der Waals surface area contributed by atoms with Gasteiger partial charge < -0.3 is 9.73 Å². The summed E-state index contributed by atoms with van der Waals surface area (Å²) in [5, 5.41) is 4.85. The fourth-order valence-corrected chi connectivity index (χ4v) is 2.24. The quantitative estimate of drug-likeness (QED) is 0.888. The van der Waals surface area contributed by atoms with Crippen LogP contribution < -0.4 is 5.32 Å². The number of furan rings is 1. The van der Waals surface area contributed by atoms with Crippen molar-refractivity contribution >= 4 is 17.2 Å². The van der Waals surface area contributed by atoms with Gasteiger partial charge in [-0.05, 0) is 43.0 Å². The van der Waals surface area contributed by atoms with Crippen LogP contribution in [0.5, 0.6) is 0 Å². The molecule has 0 aliphatic rings. The normalized spacial score (nSPS) is 10.4. The highest BCUT2D eigenvalue weighted by atomic mass is 32.1. The Bertz CT molecular complexity index is 499. The Kier molecular flexibility index (Phi) is 3.10. The lowest BCUT2D eigenvalue weighted by Gasteiger charge is -2.02. The summed E-state index contributed by atoms with van der Waals surface area (Å²) in [5.41, 5.74) is 1.21. The van der Waals surface area contributed by atoms with Gasteiger partial charge in [-0.25, -0.2) is 0 Å². The highest BCUT2D eigenvalue weighted by Crippen LogP contribution is 2.15. The predicted octanol–water partition coefficient (Wildman–Crippen LogP) is 2.89. The molecule has 2 aromatic rings. The van der Waals surface area contributed by atoms with Gasteiger partial charge in [-0.3, -0.25) is 4.79 Å². The molecule has 4 heteroatoms. The van der Waals surface area contributed by atoms with Crippen molar-refractivity contribution in [2.75, 3.05) is 0 Å². The van der Waals surface area contributed by atoms with Crippen molar-refractivity contribution in [2.24, 2.45) is 0 Å². The Balaban J connectivity index is 1.96. The highest BCUT2D eigenvalue weighted by Gasteiger charge is 2.10. The van der Waals surface area contributed by atoms with Crippen LogP contribution in [-0.2, 0) is 6.54 Å². The van der Waals surface area contributed by atoms with Gasteiger partial charge in [-0.1, -0.05) is 0 Å². The first-order chi connectivity index (χ1) is 7.66. The minimum Gasteiger partial charge on any atom is -0.456 e. The SMILES string of the molecule is Cc1ccc(C(=O)NCc2sccc2C)o1. The summed E-state index contributed by atoms with van der Waals surface area (Å²) in [4.78, 5) is 12.8. The molecular weight excluding hydrogens is 222 g/mol. The number of carbonyl (C=O) groups is 1. The van der Waals surface area contributed by atoms with Crippen LogP contribution in [0.4, 0.5) is 0 Å². The zero-order chi connectivity index (χ0) is 11.5. The van der Waals surface area contributed by atoms with E-state index in [4.69, 9.17) is 4.42 Å². The number of aryl methyl sites for hydroxylation is 2. The summed E-state index contributed by atoms with van der Waals surface area (Å²) in [5.74, 6) is 0.949. The maximum atomic E-state index is 11.7. The summed E-state index contributed by atoms with van der Waals surface area (Å²) < 4.78 is 5.24. The number of amides is 1. The first kappa shape index (κ1) is 11.0. The number of nitrogens with one attached hydrogen (secondary N) is 1. The van der Waals surface area contributed by atoms with E-state index in [2.05, 4.69) is 5.32 Å². The molecule has 0 aliphatic heterocycles. The summed E-state index contributed by atoms with van der Waals surface area (Å²) >= 11 is 1.65. The van der Waals surface area contributed by atoms with Crippen LogP contribution in [0.1, 0.15) is 26.8 Å². The van der Waals surface area contributed by atoms with Crippen LogP contribution in [0.25, 0.3) is 0 Å². The fourth-order valence-electron chi connectivity index (χ4n) is 1.39. The van der Waals surface area contributed by atoms with E-state index in [0.29, 0.717) is 12.3 Å². The third kappa shape index (κ3) is 2.33. The van der Waals surface area contributed by atoms with Gasteiger partial charge in [0.25, 0.3) is 5.91 Å². The molecule has 0 aromatic carbocycles. The van der Waals surface area contributed by atoms with Crippen molar-refractivity contribution in [1.29, 1.82) is 0 Å². The molecule has 0 saturated heterocycles. The van der Waals surface area contributed by atoms with Crippen molar-refractivity contribution in [3.8, 4) is 0 Å². The molecule has 1 N–H and O–H groups in total. The minimum atomic E-state index is -0.166. The maximum Gasteiger partial charge on any atom is 0.287 e. The molecule has 0 aliphatic carbocycles. The third-order valence-corrected chi connectivity index (χ3v) is 3.36. The zero-order valence-corrected chi connectivity index (χ0v) is 10.1. The lowest BCUT2D eigenvalue weighted by atomic mass is 10.3. The van der Waals surface area contributed by atoms with Gasteiger partial charge in [0.1, 0.15) is 5.76 Å². The van der Waals surface area contributed by atoms with Gasteiger partial charge in [-0.2, -0.15) is 0 Å². The Morgan fingerprint density at radius 1 is 1.38 bits per heavy atom. The first-order valence-electron chi connectivity index (χ1n) is 5.04. The summed E-state index contributed by atoms with van der Waals surface area (Å²) in [7, 11) is 0. The Hall–Kier alpha value is -1.55. The van der Waals surface area contributed by atoms with E-state index < -0.39 is 0 Å². The van der Waals surface area contributed by atoms with Crippen molar-refractivity contribution < 1.29 is 9.21 Å². The van der Waals surface area contributed by atoms with E-state index in [1.165, 1.54) is 10.4 Å². The van der Waals surface area contributed by atoms with Crippen molar-refractivity contribution in [2.45, 2.75) is 20.4 Å². The van der Waals surface area contributed by atoms with Gasteiger partial charge in [0, 0.05) is 4.88 Å². The van der Waals surface area contributed by atoms with Crippen LogP contribution >= 0.6 is 11.3 Å². The molecule has 2 rings (SSSR count). The monoisotopic (exact) mass is 235 g/mol. The molecule has 0 spiro atoms. The molecule has 2 aromatic heterocycles. The summed E-state index contributed by atoms with van der Waals surface area (Å²) in [6.45, 7) is 4.41. The van der Waals surface area contributed by atoms with E-state index in [9.17, 15) is 4.79 Å². The van der Waals surface area contributed by atoms with Crippen LogP contribution in [0.2, 0.25) is 0 Å².